The van der Waals surface area contributed by atoms with E-state index in [0.717, 1.165) is 44.1 Å². The molecular weight excluding hydrogens is 451 g/mol. The Kier molecular flexibility index (Phi) is 5.12. The van der Waals surface area contributed by atoms with E-state index in [1.807, 2.05) is 92.7 Å². The predicted octanol–water partition coefficient (Wildman–Crippen LogP) is 6.17. The van der Waals surface area contributed by atoms with Crippen molar-refractivity contribution in [2.24, 2.45) is 0 Å². The smallest absolute Gasteiger partial charge is 0.219 e. The van der Waals surface area contributed by atoms with Gasteiger partial charge in [0, 0.05) is 28.6 Å². The van der Waals surface area contributed by atoms with Gasteiger partial charge in [-0.2, -0.15) is 0 Å². The van der Waals surface area contributed by atoms with E-state index in [2.05, 4.69) is 23.2 Å². The minimum Gasteiger partial charge on any atom is -0.439 e. The Bertz CT molecular complexity index is 1640. The zero-order valence-corrected chi connectivity index (χ0v) is 20.4. The van der Waals surface area contributed by atoms with Crippen LogP contribution in [-0.4, -0.2) is 9.97 Å². The van der Waals surface area contributed by atoms with E-state index >= 15 is 0 Å². The van der Waals surface area contributed by atoms with Crippen molar-refractivity contribution in [1.29, 1.82) is 0 Å². The largest absolute Gasteiger partial charge is 0.439 e. The molecule has 0 saturated heterocycles. The molecule has 3 heterocycles. The van der Waals surface area contributed by atoms with Crippen LogP contribution in [0, 0.1) is 13.8 Å². The third kappa shape index (κ3) is 3.67. The average Bonchev–Trinajstić information content (AvgIpc) is 3.13. The molecule has 1 aliphatic heterocycles. The SMILES string of the molecule is Cc1ccnc(Oc2cccc(-c3ccc4c(c3)P(=O)(c3cccc(C)n3)c3ccccc3-4)c2)c1. The number of hydrogen-bond acceptors (Lipinski definition) is 4. The fourth-order valence-electron chi connectivity index (χ4n) is 4.68. The van der Waals surface area contributed by atoms with Crippen LogP contribution in [0.2, 0.25) is 0 Å². The van der Waals surface area contributed by atoms with E-state index in [1.165, 1.54) is 0 Å². The lowest BCUT2D eigenvalue weighted by Crippen LogP contribution is -2.23. The maximum absolute atomic E-state index is 14.8. The number of aromatic nitrogens is 2. The minimum absolute atomic E-state index is 0.557. The van der Waals surface area contributed by atoms with Gasteiger partial charge in [0.2, 0.25) is 5.88 Å². The van der Waals surface area contributed by atoms with Gasteiger partial charge in [0.1, 0.15) is 11.2 Å². The Hall–Kier alpha value is -4.01. The van der Waals surface area contributed by atoms with E-state index in [0.29, 0.717) is 17.1 Å². The van der Waals surface area contributed by atoms with Gasteiger partial charge >= 0.3 is 0 Å². The lowest BCUT2D eigenvalue weighted by atomic mass is 10.0. The Morgan fingerprint density at radius 3 is 2.37 bits per heavy atom. The summed E-state index contributed by atoms with van der Waals surface area (Å²) >= 11 is 0. The molecule has 0 fully saturated rings. The highest BCUT2D eigenvalue weighted by Crippen LogP contribution is 2.52. The number of nitrogens with zero attached hydrogens (tertiary/aromatic N) is 2. The molecule has 5 heteroatoms. The number of hydrogen-bond donors (Lipinski definition) is 0. The van der Waals surface area contributed by atoms with Crippen molar-refractivity contribution in [3.63, 3.8) is 0 Å². The molecule has 3 aromatic carbocycles. The van der Waals surface area contributed by atoms with E-state index < -0.39 is 7.14 Å². The van der Waals surface area contributed by atoms with Crippen LogP contribution >= 0.6 is 7.14 Å². The lowest BCUT2D eigenvalue weighted by Gasteiger charge is -2.16. The van der Waals surface area contributed by atoms with Crippen LogP contribution in [0.5, 0.6) is 11.6 Å². The number of benzene rings is 3. The van der Waals surface area contributed by atoms with Crippen LogP contribution in [0.25, 0.3) is 22.3 Å². The Labute approximate surface area is 204 Å². The molecule has 0 spiro atoms. The molecule has 5 aromatic rings. The van der Waals surface area contributed by atoms with Crippen LogP contribution in [0.3, 0.4) is 0 Å². The van der Waals surface area contributed by atoms with Crippen molar-refractivity contribution in [2.45, 2.75) is 13.8 Å². The second kappa shape index (κ2) is 8.33. The topological polar surface area (TPSA) is 52.1 Å². The van der Waals surface area contributed by atoms with E-state index in [1.54, 1.807) is 6.20 Å². The van der Waals surface area contributed by atoms with Crippen LogP contribution in [0.1, 0.15) is 11.3 Å². The molecule has 0 bridgehead atoms. The van der Waals surface area contributed by atoms with Gasteiger partial charge in [0.25, 0.3) is 0 Å². The van der Waals surface area contributed by atoms with Gasteiger partial charge in [0.05, 0.1) is 0 Å². The molecule has 1 aliphatic rings. The minimum atomic E-state index is -3.10. The molecule has 0 amide bonds. The Morgan fingerprint density at radius 1 is 0.714 bits per heavy atom. The summed E-state index contributed by atoms with van der Waals surface area (Å²) in [6.45, 7) is 3.94. The van der Waals surface area contributed by atoms with Crippen molar-refractivity contribution in [2.75, 3.05) is 0 Å². The van der Waals surface area contributed by atoms with E-state index in [9.17, 15) is 4.57 Å². The number of rotatable bonds is 4. The molecule has 35 heavy (non-hydrogen) atoms. The fraction of sp³-hybridized carbons (Fsp3) is 0.0667. The summed E-state index contributed by atoms with van der Waals surface area (Å²) in [4.78, 5) is 9.01. The molecule has 4 nitrogen and oxygen atoms in total. The summed E-state index contributed by atoms with van der Waals surface area (Å²) in [6, 6.07) is 31.7. The number of ether oxygens (including phenoxy) is 1. The molecule has 1 unspecified atom stereocenters. The molecule has 6 rings (SSSR count). The molecule has 1 atom stereocenters. The number of fused-ring (bicyclic) bond motifs is 3. The summed E-state index contributed by atoms with van der Waals surface area (Å²) in [5.41, 5.74) is 6.56. The van der Waals surface area contributed by atoms with Gasteiger partial charge in [-0.1, -0.05) is 54.6 Å². The highest BCUT2D eigenvalue weighted by Gasteiger charge is 2.41. The molecule has 0 aliphatic carbocycles. The number of pyridine rings is 2. The Balaban J connectivity index is 1.47. The van der Waals surface area contributed by atoms with Gasteiger partial charge in [-0.3, -0.25) is 0 Å². The molecule has 0 N–H and O–H groups in total. The van der Waals surface area contributed by atoms with Crippen molar-refractivity contribution in [3.8, 4) is 33.9 Å². The third-order valence-electron chi connectivity index (χ3n) is 6.35. The molecular formula is C30H23N2O2P. The van der Waals surface area contributed by atoms with Crippen molar-refractivity contribution < 1.29 is 9.30 Å². The van der Waals surface area contributed by atoms with Gasteiger partial charge in [-0.25, -0.2) is 9.97 Å². The second-order valence-corrected chi connectivity index (χ2v) is 11.4. The second-order valence-electron chi connectivity index (χ2n) is 8.80. The molecule has 0 radical (unpaired) electrons. The van der Waals surface area contributed by atoms with E-state index in [-0.39, 0.29) is 0 Å². The fourth-order valence-corrected chi connectivity index (χ4v) is 7.71. The van der Waals surface area contributed by atoms with Gasteiger partial charge < -0.3 is 9.30 Å². The molecule has 2 aromatic heterocycles. The van der Waals surface area contributed by atoms with Gasteiger partial charge in [-0.05, 0) is 78.1 Å². The van der Waals surface area contributed by atoms with Crippen LogP contribution < -0.4 is 20.8 Å². The summed E-state index contributed by atoms with van der Waals surface area (Å²) in [6.07, 6.45) is 1.74. The number of aryl methyl sites for hydroxylation is 2. The van der Waals surface area contributed by atoms with Crippen molar-refractivity contribution in [1.82, 2.24) is 9.97 Å². The normalized spacial score (nSPS) is 15.9. The van der Waals surface area contributed by atoms with Crippen LogP contribution in [0.15, 0.2) is 103 Å². The lowest BCUT2D eigenvalue weighted by molar-refractivity contribution is 0.462. The molecule has 170 valence electrons. The zero-order valence-electron chi connectivity index (χ0n) is 19.5. The maximum Gasteiger partial charge on any atom is 0.219 e. The average molecular weight is 475 g/mol. The standard InChI is InChI=1S/C30H23N2O2P/c1-20-15-16-31-29(17-20)34-24-9-6-8-22(18-24)23-13-14-26-25-10-3-4-11-27(25)35(33,28(26)19-23)30-12-5-7-21(2)32-30/h3-19H,1-2H3. The highest BCUT2D eigenvalue weighted by atomic mass is 31.2. The first kappa shape index (κ1) is 21.5. The highest BCUT2D eigenvalue weighted by molar-refractivity contribution is 7.86. The van der Waals surface area contributed by atoms with Crippen molar-refractivity contribution in [3.05, 3.63) is 115 Å². The first-order valence-corrected chi connectivity index (χ1v) is 13.2. The first-order chi connectivity index (χ1) is 17.0. The maximum atomic E-state index is 14.8. The third-order valence-corrected chi connectivity index (χ3v) is 9.36. The van der Waals surface area contributed by atoms with Crippen LogP contribution in [0.4, 0.5) is 0 Å². The summed E-state index contributed by atoms with van der Waals surface area (Å²) in [7, 11) is -3.10. The van der Waals surface area contributed by atoms with Crippen LogP contribution in [-0.2, 0) is 4.57 Å². The summed E-state index contributed by atoms with van der Waals surface area (Å²) in [5, 5.41) is 1.69. The predicted molar refractivity (Wildman–Crippen MR) is 142 cm³/mol. The monoisotopic (exact) mass is 474 g/mol. The first-order valence-electron chi connectivity index (χ1n) is 11.5. The zero-order chi connectivity index (χ0) is 24.0. The summed E-state index contributed by atoms with van der Waals surface area (Å²) in [5.74, 6) is 1.26. The Morgan fingerprint density at radius 2 is 1.51 bits per heavy atom. The van der Waals surface area contributed by atoms with Crippen molar-refractivity contribution >= 4 is 23.2 Å². The van der Waals surface area contributed by atoms with Gasteiger partial charge in [0.15, 0.2) is 7.14 Å². The van der Waals surface area contributed by atoms with E-state index in [4.69, 9.17) is 9.72 Å². The summed E-state index contributed by atoms with van der Waals surface area (Å²) < 4.78 is 20.9. The van der Waals surface area contributed by atoms with Gasteiger partial charge in [-0.15, -0.1) is 0 Å². The quantitative estimate of drug-likeness (QED) is 0.287. The molecule has 0 saturated carbocycles.